The molecule has 0 saturated heterocycles. The quantitative estimate of drug-likeness (QED) is 0.327. The van der Waals surface area contributed by atoms with E-state index in [1.807, 2.05) is 0 Å². The Morgan fingerprint density at radius 3 is 2.43 bits per heavy atom. The zero-order valence-corrected chi connectivity index (χ0v) is 17.4. The third-order valence-corrected chi connectivity index (χ3v) is 6.22. The number of hydrogen-bond donors (Lipinski definition) is 2. The van der Waals surface area contributed by atoms with Crippen molar-refractivity contribution < 1.29 is 10.0 Å². The number of aromatic nitrogens is 1. The number of nitrogens with zero attached hydrogens (tertiary/aromatic N) is 3. The fourth-order valence-corrected chi connectivity index (χ4v) is 4.65. The third-order valence-electron chi connectivity index (χ3n) is 6.22. The molecule has 7 nitrogen and oxygen atoms in total. The minimum absolute atomic E-state index is 0.0608. The van der Waals surface area contributed by atoms with Gasteiger partial charge in [-0.2, -0.15) is 0 Å². The molecule has 0 atom stereocenters. The molecule has 1 aromatic carbocycles. The summed E-state index contributed by atoms with van der Waals surface area (Å²) in [6.07, 6.45) is 7.17. The van der Waals surface area contributed by atoms with Gasteiger partial charge in [-0.05, 0) is 56.1 Å². The van der Waals surface area contributed by atoms with E-state index >= 15 is 0 Å². The van der Waals surface area contributed by atoms with Gasteiger partial charge in [-0.25, -0.2) is 4.98 Å². The fraction of sp³-hybridized carbons (Fsp3) is 0.522. The predicted molar refractivity (Wildman–Crippen MR) is 118 cm³/mol. The summed E-state index contributed by atoms with van der Waals surface area (Å²) in [5, 5.41) is 24.7. The zero-order valence-electron chi connectivity index (χ0n) is 17.4. The van der Waals surface area contributed by atoms with Crippen molar-refractivity contribution in [2.75, 3.05) is 36.5 Å². The molecule has 0 radical (unpaired) electrons. The second kappa shape index (κ2) is 9.43. The highest BCUT2D eigenvalue weighted by molar-refractivity contribution is 5.78. The average molecular weight is 411 g/mol. The van der Waals surface area contributed by atoms with Crippen molar-refractivity contribution in [1.82, 2.24) is 4.98 Å². The molecule has 0 bridgehead atoms. The fourth-order valence-electron chi connectivity index (χ4n) is 4.65. The van der Waals surface area contributed by atoms with Crippen molar-refractivity contribution >= 4 is 17.2 Å². The molecule has 4 rings (SSSR count). The summed E-state index contributed by atoms with van der Waals surface area (Å²) in [6, 6.07) is 8.42. The summed E-state index contributed by atoms with van der Waals surface area (Å²) in [5.74, 6) is 0.500. The number of aliphatic hydroxyl groups is 1. The largest absolute Gasteiger partial charge is 0.396 e. The van der Waals surface area contributed by atoms with Gasteiger partial charge in [-0.3, -0.25) is 10.1 Å². The number of nitrogens with one attached hydrogen (secondary N) is 1. The predicted octanol–water partition coefficient (Wildman–Crippen LogP) is 3.66. The van der Waals surface area contributed by atoms with Crippen LogP contribution in [0, 0.1) is 10.1 Å². The maximum Gasteiger partial charge on any atom is 0.334 e. The van der Waals surface area contributed by atoms with Crippen LogP contribution in [0.4, 0.5) is 17.2 Å². The molecule has 1 aliphatic carbocycles. The van der Waals surface area contributed by atoms with Crippen LogP contribution in [0.5, 0.6) is 0 Å². The molecule has 0 spiro atoms. The van der Waals surface area contributed by atoms with Gasteiger partial charge < -0.3 is 15.3 Å². The summed E-state index contributed by atoms with van der Waals surface area (Å²) in [5.41, 5.74) is 5.36. The molecule has 2 heterocycles. The van der Waals surface area contributed by atoms with E-state index in [9.17, 15) is 15.2 Å². The number of fused-ring (bicyclic) bond motifs is 2. The van der Waals surface area contributed by atoms with Crippen molar-refractivity contribution in [3.8, 4) is 0 Å². The van der Waals surface area contributed by atoms with Crippen LogP contribution in [0.3, 0.4) is 0 Å². The number of aliphatic hydroxyl groups excluding tert-OH is 1. The Bertz CT molecular complexity index is 889. The summed E-state index contributed by atoms with van der Waals surface area (Å²) < 4.78 is 0. The van der Waals surface area contributed by atoms with Gasteiger partial charge in [-0.15, -0.1) is 0 Å². The first-order valence-corrected chi connectivity index (χ1v) is 11.1. The van der Waals surface area contributed by atoms with E-state index in [0.29, 0.717) is 24.5 Å². The Balaban J connectivity index is 1.75. The van der Waals surface area contributed by atoms with Crippen LogP contribution in [-0.4, -0.2) is 41.3 Å². The molecule has 0 amide bonds. The van der Waals surface area contributed by atoms with Crippen molar-refractivity contribution in [2.24, 2.45) is 0 Å². The summed E-state index contributed by atoms with van der Waals surface area (Å²) in [6.45, 7) is 2.02. The average Bonchev–Trinajstić information content (AvgIpc) is 3.11. The highest BCUT2D eigenvalue weighted by Crippen LogP contribution is 2.41. The molecule has 30 heavy (non-hydrogen) atoms. The van der Waals surface area contributed by atoms with E-state index in [0.717, 1.165) is 69.3 Å². The minimum Gasteiger partial charge on any atom is -0.396 e. The topological polar surface area (TPSA) is 91.5 Å². The lowest BCUT2D eigenvalue weighted by molar-refractivity contribution is -0.383. The van der Waals surface area contributed by atoms with Gasteiger partial charge in [0.05, 0.1) is 4.92 Å². The Morgan fingerprint density at radius 1 is 1.07 bits per heavy atom. The van der Waals surface area contributed by atoms with Gasteiger partial charge in [0, 0.05) is 37.5 Å². The van der Waals surface area contributed by atoms with Gasteiger partial charge in [0.1, 0.15) is 5.69 Å². The summed E-state index contributed by atoms with van der Waals surface area (Å²) in [7, 11) is 0. The monoisotopic (exact) mass is 410 g/mol. The molecule has 2 aliphatic rings. The Labute approximate surface area is 177 Å². The number of aryl methyl sites for hydroxylation is 1. The lowest BCUT2D eigenvalue weighted by Crippen LogP contribution is -2.29. The number of pyridine rings is 1. The van der Waals surface area contributed by atoms with Crippen LogP contribution in [0.25, 0.3) is 0 Å². The molecule has 0 saturated carbocycles. The number of anilines is 2. The van der Waals surface area contributed by atoms with Crippen LogP contribution in [0.1, 0.15) is 48.1 Å². The van der Waals surface area contributed by atoms with Crippen LogP contribution < -0.4 is 10.2 Å². The van der Waals surface area contributed by atoms with E-state index in [1.165, 1.54) is 11.1 Å². The third kappa shape index (κ3) is 4.26. The maximum atomic E-state index is 12.2. The van der Waals surface area contributed by atoms with E-state index in [1.54, 1.807) is 0 Å². The van der Waals surface area contributed by atoms with Crippen LogP contribution in [0.2, 0.25) is 0 Å². The highest BCUT2D eigenvalue weighted by Gasteiger charge is 2.32. The SMILES string of the molecule is O=[N+]([O-])c1c(N2CCc3ccccc3CC2)nc2c(c1NCCCO)CCCCC2. The Morgan fingerprint density at radius 2 is 1.77 bits per heavy atom. The normalized spacial score (nSPS) is 16.2. The molecule has 160 valence electrons. The lowest BCUT2D eigenvalue weighted by Gasteiger charge is -2.25. The number of hydrogen-bond acceptors (Lipinski definition) is 6. The van der Waals surface area contributed by atoms with E-state index in [-0.39, 0.29) is 17.2 Å². The van der Waals surface area contributed by atoms with Gasteiger partial charge >= 0.3 is 5.69 Å². The molecule has 1 aromatic heterocycles. The molecule has 2 N–H and O–H groups in total. The number of benzene rings is 1. The van der Waals surface area contributed by atoms with Gasteiger partial charge in [0.2, 0.25) is 5.82 Å². The molecular weight excluding hydrogens is 380 g/mol. The second-order valence-electron chi connectivity index (χ2n) is 8.16. The summed E-state index contributed by atoms with van der Waals surface area (Å²) >= 11 is 0. The van der Waals surface area contributed by atoms with Crippen molar-refractivity contribution in [2.45, 2.75) is 51.4 Å². The first kappa shape index (κ1) is 20.6. The van der Waals surface area contributed by atoms with E-state index in [4.69, 9.17) is 4.98 Å². The minimum atomic E-state index is -0.271. The number of rotatable bonds is 6. The van der Waals surface area contributed by atoms with Gasteiger partial charge in [0.25, 0.3) is 0 Å². The van der Waals surface area contributed by atoms with Crippen molar-refractivity contribution in [1.29, 1.82) is 0 Å². The Hall–Kier alpha value is -2.67. The summed E-state index contributed by atoms with van der Waals surface area (Å²) in [4.78, 5) is 19.0. The molecule has 0 unspecified atom stereocenters. The van der Waals surface area contributed by atoms with E-state index in [2.05, 4.69) is 34.5 Å². The van der Waals surface area contributed by atoms with Gasteiger partial charge in [0.15, 0.2) is 0 Å². The second-order valence-corrected chi connectivity index (χ2v) is 8.16. The molecule has 2 aromatic rings. The van der Waals surface area contributed by atoms with Crippen molar-refractivity contribution in [3.63, 3.8) is 0 Å². The first-order chi connectivity index (χ1) is 14.7. The first-order valence-electron chi connectivity index (χ1n) is 11.1. The van der Waals surface area contributed by atoms with Gasteiger partial charge in [-0.1, -0.05) is 30.7 Å². The Kier molecular flexibility index (Phi) is 6.47. The van der Waals surface area contributed by atoms with Crippen LogP contribution in [-0.2, 0) is 25.7 Å². The van der Waals surface area contributed by atoms with Crippen molar-refractivity contribution in [3.05, 3.63) is 56.8 Å². The van der Waals surface area contributed by atoms with E-state index < -0.39 is 0 Å². The molecular formula is C23H30N4O3. The molecule has 7 heteroatoms. The number of nitro groups is 1. The smallest absolute Gasteiger partial charge is 0.334 e. The lowest BCUT2D eigenvalue weighted by atomic mass is 10.0. The zero-order chi connectivity index (χ0) is 20.9. The maximum absolute atomic E-state index is 12.2. The standard InChI is InChI=1S/C23H30N4O3/c28-16-6-13-24-21-19-9-2-1-3-10-20(19)25-23(22(21)27(29)30)26-14-11-17-7-4-5-8-18(17)12-15-26/h4-5,7-8,28H,1-3,6,9-16H2,(H,24,25). The highest BCUT2D eigenvalue weighted by atomic mass is 16.6. The van der Waals surface area contributed by atoms with Crippen LogP contribution in [0.15, 0.2) is 24.3 Å². The molecule has 1 aliphatic heterocycles. The van der Waals surface area contributed by atoms with Crippen LogP contribution >= 0.6 is 0 Å². The molecule has 0 fully saturated rings.